The number of amides is 1. The van der Waals surface area contributed by atoms with Gasteiger partial charge in [0.2, 0.25) is 0 Å². The van der Waals surface area contributed by atoms with Crippen molar-refractivity contribution >= 4 is 6.09 Å². The van der Waals surface area contributed by atoms with Crippen molar-refractivity contribution in [2.45, 2.75) is 32.0 Å². The maximum Gasteiger partial charge on any atom is 0.407 e. The number of rotatable bonds is 2. The Hall–Kier alpha value is -1.62. The Morgan fingerprint density at radius 3 is 3.11 bits per heavy atom. The predicted octanol–water partition coefficient (Wildman–Crippen LogP) is 1.78. The standard InChI is InChI=1S/C13H18N2O3/c1-10-8-15(12(16)17)9-13(2,18-10)6-11-4-3-5-14-7-11/h3-5,7,10H,6,8-9H2,1-2H3,(H,16,17)/t10-,13+/m0/s1. The van der Waals surface area contributed by atoms with Gasteiger partial charge in [0.05, 0.1) is 24.8 Å². The van der Waals surface area contributed by atoms with Crippen LogP contribution in [0.1, 0.15) is 19.4 Å². The Morgan fingerprint density at radius 2 is 2.50 bits per heavy atom. The zero-order chi connectivity index (χ0) is 13.2. The maximum absolute atomic E-state index is 11.1. The Morgan fingerprint density at radius 1 is 1.72 bits per heavy atom. The molecule has 2 rings (SSSR count). The van der Waals surface area contributed by atoms with Crippen LogP contribution in [0.5, 0.6) is 0 Å². The van der Waals surface area contributed by atoms with Crippen LogP contribution in [-0.2, 0) is 11.2 Å². The lowest BCUT2D eigenvalue weighted by atomic mass is 9.94. The van der Waals surface area contributed by atoms with Crippen LogP contribution in [0.25, 0.3) is 0 Å². The van der Waals surface area contributed by atoms with Crippen molar-refractivity contribution in [2.75, 3.05) is 13.1 Å². The third kappa shape index (κ3) is 2.98. The molecule has 1 fully saturated rings. The van der Waals surface area contributed by atoms with Crippen LogP contribution >= 0.6 is 0 Å². The summed E-state index contributed by atoms with van der Waals surface area (Å²) >= 11 is 0. The van der Waals surface area contributed by atoms with E-state index >= 15 is 0 Å². The Kier molecular flexibility index (Phi) is 3.52. The highest BCUT2D eigenvalue weighted by Gasteiger charge is 2.37. The van der Waals surface area contributed by atoms with Crippen molar-refractivity contribution in [1.82, 2.24) is 9.88 Å². The molecule has 0 spiro atoms. The van der Waals surface area contributed by atoms with Gasteiger partial charge in [-0.2, -0.15) is 0 Å². The van der Waals surface area contributed by atoms with E-state index in [4.69, 9.17) is 9.84 Å². The third-order valence-electron chi connectivity index (χ3n) is 3.06. The summed E-state index contributed by atoms with van der Waals surface area (Å²) in [6.07, 6.45) is 3.20. The van der Waals surface area contributed by atoms with Crippen molar-refractivity contribution in [3.63, 3.8) is 0 Å². The zero-order valence-electron chi connectivity index (χ0n) is 10.7. The van der Waals surface area contributed by atoms with E-state index in [1.807, 2.05) is 26.0 Å². The van der Waals surface area contributed by atoms with Crippen LogP contribution in [0.2, 0.25) is 0 Å². The minimum atomic E-state index is -0.887. The van der Waals surface area contributed by atoms with Crippen LogP contribution in [0.3, 0.4) is 0 Å². The average Bonchev–Trinajstić information content (AvgIpc) is 2.28. The second-order valence-electron chi connectivity index (χ2n) is 5.08. The molecular formula is C13H18N2O3. The fourth-order valence-electron chi connectivity index (χ4n) is 2.52. The second-order valence-corrected chi connectivity index (χ2v) is 5.08. The molecular weight excluding hydrogens is 232 g/mol. The van der Waals surface area contributed by atoms with Crippen molar-refractivity contribution in [3.8, 4) is 0 Å². The molecule has 0 saturated carbocycles. The van der Waals surface area contributed by atoms with E-state index in [2.05, 4.69) is 4.98 Å². The van der Waals surface area contributed by atoms with E-state index < -0.39 is 11.7 Å². The second kappa shape index (κ2) is 4.94. The number of pyridine rings is 1. The van der Waals surface area contributed by atoms with Crippen LogP contribution in [0, 0.1) is 0 Å². The quantitative estimate of drug-likeness (QED) is 0.869. The first kappa shape index (κ1) is 12.8. The molecule has 1 amide bonds. The molecule has 1 N–H and O–H groups in total. The molecule has 1 aliphatic rings. The van der Waals surface area contributed by atoms with Crippen LogP contribution < -0.4 is 0 Å². The number of ether oxygens (including phenoxy) is 1. The molecule has 98 valence electrons. The summed E-state index contributed by atoms with van der Waals surface area (Å²) in [5.74, 6) is 0. The molecule has 5 nitrogen and oxygen atoms in total. The molecule has 1 aromatic heterocycles. The molecule has 1 aromatic rings. The smallest absolute Gasteiger partial charge is 0.407 e. The summed E-state index contributed by atoms with van der Waals surface area (Å²) in [6, 6.07) is 3.85. The van der Waals surface area contributed by atoms with E-state index in [1.165, 1.54) is 4.90 Å². The van der Waals surface area contributed by atoms with Crippen molar-refractivity contribution < 1.29 is 14.6 Å². The molecule has 0 aliphatic carbocycles. The zero-order valence-corrected chi connectivity index (χ0v) is 10.7. The summed E-state index contributed by atoms with van der Waals surface area (Å²) in [7, 11) is 0. The van der Waals surface area contributed by atoms with Gasteiger partial charge in [0.15, 0.2) is 0 Å². The molecule has 5 heteroatoms. The van der Waals surface area contributed by atoms with Gasteiger partial charge in [0.25, 0.3) is 0 Å². The van der Waals surface area contributed by atoms with Crippen molar-refractivity contribution in [1.29, 1.82) is 0 Å². The van der Waals surface area contributed by atoms with Gasteiger partial charge in [-0.1, -0.05) is 6.07 Å². The first-order chi connectivity index (χ1) is 8.48. The fourth-order valence-corrected chi connectivity index (χ4v) is 2.52. The maximum atomic E-state index is 11.1. The Labute approximate surface area is 106 Å². The van der Waals surface area contributed by atoms with E-state index in [0.717, 1.165) is 5.56 Å². The monoisotopic (exact) mass is 250 g/mol. The first-order valence-corrected chi connectivity index (χ1v) is 6.03. The number of hydrogen-bond acceptors (Lipinski definition) is 3. The highest BCUT2D eigenvalue weighted by atomic mass is 16.5. The number of nitrogens with zero attached hydrogens (tertiary/aromatic N) is 2. The number of aromatic nitrogens is 1. The molecule has 2 heterocycles. The number of hydrogen-bond donors (Lipinski definition) is 1. The minimum Gasteiger partial charge on any atom is -0.465 e. The summed E-state index contributed by atoms with van der Waals surface area (Å²) < 4.78 is 5.93. The van der Waals surface area contributed by atoms with E-state index in [-0.39, 0.29) is 6.10 Å². The van der Waals surface area contributed by atoms with Gasteiger partial charge in [0, 0.05) is 18.8 Å². The minimum absolute atomic E-state index is 0.0866. The van der Waals surface area contributed by atoms with Crippen LogP contribution in [0.15, 0.2) is 24.5 Å². The van der Waals surface area contributed by atoms with Gasteiger partial charge in [0.1, 0.15) is 0 Å². The number of morpholine rings is 1. The third-order valence-corrected chi connectivity index (χ3v) is 3.06. The summed E-state index contributed by atoms with van der Waals surface area (Å²) in [4.78, 5) is 16.6. The molecule has 18 heavy (non-hydrogen) atoms. The van der Waals surface area contributed by atoms with Gasteiger partial charge >= 0.3 is 6.09 Å². The fraction of sp³-hybridized carbons (Fsp3) is 0.538. The van der Waals surface area contributed by atoms with Gasteiger partial charge in [-0.15, -0.1) is 0 Å². The molecule has 0 aromatic carbocycles. The van der Waals surface area contributed by atoms with Crippen molar-refractivity contribution in [3.05, 3.63) is 30.1 Å². The lowest BCUT2D eigenvalue weighted by Gasteiger charge is -2.42. The molecule has 0 radical (unpaired) electrons. The molecule has 2 atom stereocenters. The highest BCUT2D eigenvalue weighted by Crippen LogP contribution is 2.25. The van der Waals surface area contributed by atoms with Gasteiger partial charge in [-0.05, 0) is 25.5 Å². The summed E-state index contributed by atoms with van der Waals surface area (Å²) in [5.41, 5.74) is 0.568. The Bertz CT molecular complexity index is 424. The topological polar surface area (TPSA) is 62.7 Å². The van der Waals surface area contributed by atoms with Gasteiger partial charge in [-0.25, -0.2) is 4.79 Å². The van der Waals surface area contributed by atoms with Crippen molar-refractivity contribution in [2.24, 2.45) is 0 Å². The Balaban J connectivity index is 2.11. The SMILES string of the molecule is C[C@H]1CN(C(=O)O)C[C@@](C)(Cc2cccnc2)O1. The summed E-state index contributed by atoms with van der Waals surface area (Å²) in [6.45, 7) is 4.67. The number of carbonyl (C=O) groups is 1. The van der Waals surface area contributed by atoms with Gasteiger partial charge in [-0.3, -0.25) is 4.98 Å². The van der Waals surface area contributed by atoms with Crippen LogP contribution in [0.4, 0.5) is 4.79 Å². The molecule has 0 bridgehead atoms. The number of carboxylic acid groups (broad SMARTS) is 1. The normalized spacial score (nSPS) is 28.1. The lowest BCUT2D eigenvalue weighted by Crippen LogP contribution is -2.55. The highest BCUT2D eigenvalue weighted by molar-refractivity contribution is 5.65. The lowest BCUT2D eigenvalue weighted by molar-refractivity contribution is -0.130. The predicted molar refractivity (Wildman–Crippen MR) is 66.5 cm³/mol. The summed E-state index contributed by atoms with van der Waals surface area (Å²) in [5, 5.41) is 9.11. The van der Waals surface area contributed by atoms with E-state index in [0.29, 0.717) is 19.5 Å². The molecule has 1 saturated heterocycles. The first-order valence-electron chi connectivity index (χ1n) is 6.03. The molecule has 1 aliphatic heterocycles. The van der Waals surface area contributed by atoms with E-state index in [9.17, 15) is 4.79 Å². The largest absolute Gasteiger partial charge is 0.465 e. The van der Waals surface area contributed by atoms with Crippen LogP contribution in [-0.4, -0.2) is 45.9 Å². The van der Waals surface area contributed by atoms with Gasteiger partial charge < -0.3 is 14.7 Å². The molecule has 0 unspecified atom stereocenters. The average molecular weight is 250 g/mol. The van der Waals surface area contributed by atoms with E-state index in [1.54, 1.807) is 12.4 Å².